The molecular weight excluding hydrogens is 202 g/mol. The summed E-state index contributed by atoms with van der Waals surface area (Å²) in [6.07, 6.45) is 0. The van der Waals surface area contributed by atoms with Crippen LogP contribution in [0.2, 0.25) is 0 Å². The van der Waals surface area contributed by atoms with E-state index in [0.717, 1.165) is 0 Å². The van der Waals surface area contributed by atoms with Gasteiger partial charge in [-0.25, -0.2) is 0 Å². The molecule has 0 radical (unpaired) electrons. The topological polar surface area (TPSA) is 122 Å². The SMILES string of the molecule is C[C@H](NC(=O)[C@H](C)NC(=O)CN)C(=O)O. The molecule has 86 valence electrons. The normalized spacial score (nSPS) is 13.8. The molecule has 0 aromatic heterocycles. The highest BCUT2D eigenvalue weighted by Crippen LogP contribution is 1.86. The molecule has 0 saturated heterocycles. The third-order valence-corrected chi connectivity index (χ3v) is 1.69. The molecule has 0 rings (SSSR count). The molecule has 0 aliphatic carbocycles. The minimum absolute atomic E-state index is 0.216. The van der Waals surface area contributed by atoms with E-state index in [1.807, 2.05) is 0 Å². The van der Waals surface area contributed by atoms with Crippen LogP contribution in [0.15, 0.2) is 0 Å². The van der Waals surface area contributed by atoms with E-state index in [1.54, 1.807) is 0 Å². The van der Waals surface area contributed by atoms with Crippen LogP contribution >= 0.6 is 0 Å². The number of aliphatic carboxylic acids is 1. The molecule has 7 heteroatoms. The van der Waals surface area contributed by atoms with E-state index in [-0.39, 0.29) is 6.54 Å². The molecule has 0 aliphatic heterocycles. The van der Waals surface area contributed by atoms with Gasteiger partial charge in [-0.15, -0.1) is 0 Å². The fraction of sp³-hybridized carbons (Fsp3) is 0.625. The summed E-state index contributed by atoms with van der Waals surface area (Å²) in [6.45, 7) is 2.56. The van der Waals surface area contributed by atoms with E-state index in [0.29, 0.717) is 0 Å². The highest BCUT2D eigenvalue weighted by Gasteiger charge is 2.19. The first kappa shape index (κ1) is 13.4. The van der Waals surface area contributed by atoms with Gasteiger partial charge in [0.15, 0.2) is 0 Å². The van der Waals surface area contributed by atoms with E-state index in [4.69, 9.17) is 10.8 Å². The second-order valence-electron chi connectivity index (χ2n) is 3.06. The lowest BCUT2D eigenvalue weighted by Gasteiger charge is -2.15. The summed E-state index contributed by atoms with van der Waals surface area (Å²) in [5, 5.41) is 13.0. The van der Waals surface area contributed by atoms with Crippen LogP contribution in [0.5, 0.6) is 0 Å². The zero-order valence-electron chi connectivity index (χ0n) is 8.61. The van der Waals surface area contributed by atoms with Crippen LogP contribution in [0.1, 0.15) is 13.8 Å². The number of hydrogen-bond donors (Lipinski definition) is 4. The lowest BCUT2D eigenvalue weighted by atomic mass is 10.2. The van der Waals surface area contributed by atoms with Crippen molar-refractivity contribution in [2.45, 2.75) is 25.9 Å². The summed E-state index contributed by atoms with van der Waals surface area (Å²) in [5.74, 6) is -2.17. The molecule has 0 spiro atoms. The van der Waals surface area contributed by atoms with Gasteiger partial charge in [0.05, 0.1) is 6.54 Å². The molecule has 2 atom stereocenters. The van der Waals surface area contributed by atoms with Crippen molar-refractivity contribution in [2.75, 3.05) is 6.54 Å². The summed E-state index contributed by atoms with van der Waals surface area (Å²) in [5.41, 5.74) is 5.03. The van der Waals surface area contributed by atoms with Crippen LogP contribution in [0.3, 0.4) is 0 Å². The number of carbonyl (C=O) groups excluding carboxylic acids is 2. The minimum Gasteiger partial charge on any atom is -0.480 e. The predicted molar refractivity (Wildman–Crippen MR) is 51.9 cm³/mol. The van der Waals surface area contributed by atoms with E-state index in [9.17, 15) is 14.4 Å². The molecule has 0 aliphatic rings. The van der Waals surface area contributed by atoms with E-state index < -0.39 is 29.9 Å². The molecule has 0 aromatic carbocycles. The maximum atomic E-state index is 11.3. The number of hydrogen-bond acceptors (Lipinski definition) is 4. The van der Waals surface area contributed by atoms with Crippen molar-refractivity contribution < 1.29 is 19.5 Å². The number of carbonyl (C=O) groups is 3. The van der Waals surface area contributed by atoms with Crippen LogP contribution < -0.4 is 16.4 Å². The lowest BCUT2D eigenvalue weighted by Crippen LogP contribution is -2.50. The molecule has 5 N–H and O–H groups in total. The number of carboxylic acids is 1. The smallest absolute Gasteiger partial charge is 0.325 e. The van der Waals surface area contributed by atoms with Crippen LogP contribution in [0.25, 0.3) is 0 Å². The molecule has 0 fully saturated rings. The van der Waals surface area contributed by atoms with Gasteiger partial charge < -0.3 is 21.5 Å². The van der Waals surface area contributed by atoms with Gasteiger partial charge in [-0.3, -0.25) is 14.4 Å². The van der Waals surface area contributed by atoms with Gasteiger partial charge in [-0.2, -0.15) is 0 Å². The molecule has 0 unspecified atom stereocenters. The highest BCUT2D eigenvalue weighted by atomic mass is 16.4. The fourth-order valence-electron chi connectivity index (χ4n) is 0.766. The van der Waals surface area contributed by atoms with Crippen LogP contribution in [0, 0.1) is 0 Å². The second-order valence-corrected chi connectivity index (χ2v) is 3.06. The lowest BCUT2D eigenvalue weighted by molar-refractivity contribution is -0.141. The predicted octanol–water partition coefficient (Wildman–Crippen LogP) is -1.96. The van der Waals surface area contributed by atoms with Gasteiger partial charge in [-0.1, -0.05) is 0 Å². The third-order valence-electron chi connectivity index (χ3n) is 1.69. The number of nitrogens with two attached hydrogens (primary N) is 1. The monoisotopic (exact) mass is 217 g/mol. The van der Waals surface area contributed by atoms with E-state index >= 15 is 0 Å². The minimum atomic E-state index is -1.14. The molecule has 2 amide bonds. The Hall–Kier alpha value is -1.63. The Labute approximate surface area is 87.0 Å². The maximum absolute atomic E-state index is 11.3. The number of nitrogens with one attached hydrogen (secondary N) is 2. The van der Waals surface area contributed by atoms with Gasteiger partial charge in [0.1, 0.15) is 12.1 Å². The quantitative estimate of drug-likeness (QED) is 0.426. The van der Waals surface area contributed by atoms with Gasteiger partial charge in [0.25, 0.3) is 0 Å². The Bertz CT molecular complexity index is 267. The molecular formula is C8H15N3O4. The largest absolute Gasteiger partial charge is 0.480 e. The maximum Gasteiger partial charge on any atom is 0.325 e. The Kier molecular flexibility index (Phi) is 5.32. The number of carboxylic acid groups (broad SMARTS) is 1. The summed E-state index contributed by atoms with van der Waals surface area (Å²) in [4.78, 5) is 32.5. The van der Waals surface area contributed by atoms with Crippen molar-refractivity contribution in [1.29, 1.82) is 0 Å². The first-order valence-corrected chi connectivity index (χ1v) is 4.41. The van der Waals surface area contributed by atoms with Gasteiger partial charge in [-0.05, 0) is 13.8 Å². The second kappa shape index (κ2) is 5.97. The molecule has 0 aromatic rings. The Morgan fingerprint density at radius 3 is 2.13 bits per heavy atom. The average Bonchev–Trinajstić information content (AvgIpc) is 2.16. The molecule has 0 bridgehead atoms. The summed E-state index contributed by atoms with van der Waals surface area (Å²) in [7, 11) is 0. The van der Waals surface area contributed by atoms with E-state index in [1.165, 1.54) is 13.8 Å². The standard InChI is InChI=1S/C8H15N3O4/c1-4(10-6(12)3-9)7(13)11-5(2)8(14)15/h4-5H,3,9H2,1-2H3,(H,10,12)(H,11,13)(H,14,15)/t4-,5-/m0/s1. The van der Waals surface area contributed by atoms with Crippen molar-refractivity contribution in [3.05, 3.63) is 0 Å². The first-order chi connectivity index (χ1) is 6.88. The summed E-state index contributed by atoms with van der Waals surface area (Å²) >= 11 is 0. The number of rotatable bonds is 5. The van der Waals surface area contributed by atoms with Crippen LogP contribution in [-0.4, -0.2) is 41.5 Å². The van der Waals surface area contributed by atoms with Crippen molar-refractivity contribution in [2.24, 2.45) is 5.73 Å². The molecule has 0 saturated carbocycles. The van der Waals surface area contributed by atoms with Gasteiger partial charge in [0.2, 0.25) is 11.8 Å². The summed E-state index contributed by atoms with van der Waals surface area (Å²) < 4.78 is 0. The highest BCUT2D eigenvalue weighted by molar-refractivity contribution is 5.90. The Balaban J connectivity index is 4.10. The summed E-state index contributed by atoms with van der Waals surface area (Å²) in [6, 6.07) is -1.79. The third kappa shape index (κ3) is 4.96. The molecule has 7 nitrogen and oxygen atoms in total. The van der Waals surface area contributed by atoms with Gasteiger partial charge >= 0.3 is 5.97 Å². The fourth-order valence-corrected chi connectivity index (χ4v) is 0.766. The Morgan fingerprint density at radius 1 is 1.20 bits per heavy atom. The van der Waals surface area contributed by atoms with E-state index in [2.05, 4.69) is 10.6 Å². The first-order valence-electron chi connectivity index (χ1n) is 4.41. The average molecular weight is 217 g/mol. The van der Waals surface area contributed by atoms with Crippen molar-refractivity contribution >= 4 is 17.8 Å². The van der Waals surface area contributed by atoms with Crippen molar-refractivity contribution in [1.82, 2.24) is 10.6 Å². The zero-order valence-corrected chi connectivity index (χ0v) is 8.61. The number of amides is 2. The molecule has 15 heavy (non-hydrogen) atoms. The van der Waals surface area contributed by atoms with Crippen LogP contribution in [-0.2, 0) is 14.4 Å². The molecule has 0 heterocycles. The van der Waals surface area contributed by atoms with Crippen molar-refractivity contribution in [3.63, 3.8) is 0 Å². The van der Waals surface area contributed by atoms with Crippen LogP contribution in [0.4, 0.5) is 0 Å². The zero-order chi connectivity index (χ0) is 12.0. The Morgan fingerprint density at radius 2 is 1.73 bits per heavy atom. The van der Waals surface area contributed by atoms with Crippen molar-refractivity contribution in [3.8, 4) is 0 Å². The van der Waals surface area contributed by atoms with Gasteiger partial charge in [0, 0.05) is 0 Å².